The molecule has 0 atom stereocenters. The van der Waals surface area contributed by atoms with Gasteiger partial charge in [-0.15, -0.1) is 0 Å². The minimum atomic E-state index is 0.270. The van der Waals surface area contributed by atoms with E-state index in [0.29, 0.717) is 13.2 Å². The van der Waals surface area contributed by atoms with Crippen molar-refractivity contribution >= 4 is 15.9 Å². The van der Waals surface area contributed by atoms with Crippen LogP contribution in [-0.4, -0.2) is 13.4 Å². The van der Waals surface area contributed by atoms with Crippen molar-refractivity contribution in [3.63, 3.8) is 0 Å². The highest BCUT2D eigenvalue weighted by Gasteiger charge is 2.07. The number of aryl methyl sites for hydroxylation is 1. The fourth-order valence-electron chi connectivity index (χ4n) is 1.34. The van der Waals surface area contributed by atoms with Gasteiger partial charge in [-0.25, -0.2) is 0 Å². The highest BCUT2D eigenvalue weighted by molar-refractivity contribution is 9.10. The number of hydrogen-bond donors (Lipinski definition) is 1. The third-order valence-corrected chi connectivity index (χ3v) is 2.48. The number of ether oxygens (including phenoxy) is 2. The molecule has 4 heteroatoms. The third-order valence-electron chi connectivity index (χ3n) is 2.03. The Kier molecular flexibility index (Phi) is 5.08. The molecule has 3 nitrogen and oxygen atoms in total. The number of hydrogen-bond acceptors (Lipinski definition) is 3. The summed E-state index contributed by atoms with van der Waals surface area (Å²) >= 11 is 3.43. The smallest absolute Gasteiger partial charge is 0.189 e. The Morgan fingerprint density at radius 1 is 1.40 bits per heavy atom. The van der Waals surface area contributed by atoms with E-state index in [9.17, 15) is 0 Å². The molecule has 0 saturated carbocycles. The fraction of sp³-hybridized carbons (Fsp3) is 0.455. The van der Waals surface area contributed by atoms with Crippen LogP contribution in [0.5, 0.6) is 5.75 Å². The van der Waals surface area contributed by atoms with Crippen molar-refractivity contribution in [1.82, 2.24) is 0 Å². The van der Waals surface area contributed by atoms with Gasteiger partial charge in [-0.3, -0.25) is 0 Å². The number of halogens is 1. The van der Waals surface area contributed by atoms with Gasteiger partial charge in [0.25, 0.3) is 0 Å². The van der Waals surface area contributed by atoms with Crippen molar-refractivity contribution in [2.75, 3.05) is 13.4 Å². The summed E-state index contributed by atoms with van der Waals surface area (Å²) in [6.07, 6.45) is 0. The molecule has 0 aromatic heterocycles. The summed E-state index contributed by atoms with van der Waals surface area (Å²) in [5.74, 6) is 0.828. The van der Waals surface area contributed by atoms with Crippen molar-refractivity contribution in [2.24, 2.45) is 5.73 Å². The van der Waals surface area contributed by atoms with Crippen molar-refractivity contribution in [1.29, 1.82) is 0 Å². The Morgan fingerprint density at radius 2 is 2.13 bits per heavy atom. The molecule has 0 bridgehead atoms. The quantitative estimate of drug-likeness (QED) is 0.663. The zero-order valence-electron chi connectivity index (χ0n) is 9.05. The average molecular weight is 274 g/mol. The molecule has 0 aliphatic carbocycles. The van der Waals surface area contributed by atoms with Crippen LogP contribution in [0.2, 0.25) is 0 Å². The van der Waals surface area contributed by atoms with E-state index in [1.165, 1.54) is 0 Å². The Morgan fingerprint density at radius 3 is 2.73 bits per heavy atom. The molecule has 2 N–H and O–H groups in total. The SMILES string of the molecule is CCOCOc1c(C)cc(Br)cc1CN. The predicted molar refractivity (Wildman–Crippen MR) is 63.9 cm³/mol. The molecule has 1 rings (SSSR count). The molecule has 1 aromatic rings. The summed E-state index contributed by atoms with van der Waals surface area (Å²) in [5, 5.41) is 0. The molecular formula is C11H16BrNO2. The van der Waals surface area contributed by atoms with Crippen molar-refractivity contribution in [3.8, 4) is 5.75 Å². The van der Waals surface area contributed by atoms with Crippen LogP contribution in [0.4, 0.5) is 0 Å². The standard InChI is InChI=1S/C11H16BrNO2/c1-3-14-7-15-11-8(2)4-10(12)5-9(11)6-13/h4-5H,3,6-7,13H2,1-2H3. The van der Waals surface area contributed by atoms with E-state index in [-0.39, 0.29) is 6.79 Å². The molecule has 15 heavy (non-hydrogen) atoms. The van der Waals surface area contributed by atoms with Crippen LogP contribution >= 0.6 is 15.9 Å². The van der Waals surface area contributed by atoms with E-state index < -0.39 is 0 Å². The first kappa shape index (κ1) is 12.5. The Bertz CT molecular complexity index is 329. The number of nitrogens with two attached hydrogens (primary N) is 1. The van der Waals surface area contributed by atoms with Gasteiger partial charge in [-0.1, -0.05) is 15.9 Å². The second-order valence-corrected chi connectivity index (χ2v) is 4.09. The minimum Gasteiger partial charge on any atom is -0.467 e. The lowest BCUT2D eigenvalue weighted by Crippen LogP contribution is -2.07. The maximum Gasteiger partial charge on any atom is 0.189 e. The molecular weight excluding hydrogens is 258 g/mol. The highest BCUT2D eigenvalue weighted by atomic mass is 79.9. The second-order valence-electron chi connectivity index (χ2n) is 3.17. The average Bonchev–Trinajstić information content (AvgIpc) is 2.20. The van der Waals surface area contributed by atoms with Crippen LogP contribution in [0.25, 0.3) is 0 Å². The van der Waals surface area contributed by atoms with Gasteiger partial charge in [0.1, 0.15) is 5.75 Å². The van der Waals surface area contributed by atoms with E-state index in [1.54, 1.807) is 0 Å². The van der Waals surface area contributed by atoms with Gasteiger partial charge in [0, 0.05) is 23.2 Å². The topological polar surface area (TPSA) is 44.5 Å². The number of benzene rings is 1. The van der Waals surface area contributed by atoms with Gasteiger partial charge in [0.2, 0.25) is 0 Å². The zero-order chi connectivity index (χ0) is 11.3. The van der Waals surface area contributed by atoms with Crippen LogP contribution in [-0.2, 0) is 11.3 Å². The molecule has 0 radical (unpaired) electrons. The summed E-state index contributed by atoms with van der Waals surface area (Å²) in [7, 11) is 0. The first-order valence-corrected chi connectivity index (χ1v) is 5.68. The maximum absolute atomic E-state index is 5.65. The second kappa shape index (κ2) is 6.10. The fourth-order valence-corrected chi connectivity index (χ4v) is 1.96. The molecule has 0 aliphatic heterocycles. The van der Waals surface area contributed by atoms with Crippen molar-refractivity contribution in [3.05, 3.63) is 27.7 Å². The Balaban J connectivity index is 2.84. The summed E-state index contributed by atoms with van der Waals surface area (Å²) in [5.41, 5.74) is 7.70. The van der Waals surface area contributed by atoms with Gasteiger partial charge in [-0.05, 0) is 31.5 Å². The molecule has 0 amide bonds. The summed E-state index contributed by atoms with van der Waals surface area (Å²) < 4.78 is 11.7. The van der Waals surface area contributed by atoms with Gasteiger partial charge in [-0.2, -0.15) is 0 Å². The van der Waals surface area contributed by atoms with Gasteiger partial charge < -0.3 is 15.2 Å². The maximum atomic E-state index is 5.65. The largest absolute Gasteiger partial charge is 0.467 e. The van der Waals surface area contributed by atoms with E-state index >= 15 is 0 Å². The molecule has 0 heterocycles. The predicted octanol–water partition coefficient (Wildman–Crippen LogP) is 2.59. The first-order valence-electron chi connectivity index (χ1n) is 4.88. The highest BCUT2D eigenvalue weighted by Crippen LogP contribution is 2.27. The van der Waals surface area contributed by atoms with E-state index in [1.807, 2.05) is 26.0 Å². The Hall–Kier alpha value is -0.580. The molecule has 1 aromatic carbocycles. The first-order chi connectivity index (χ1) is 7.19. The molecule has 0 fully saturated rings. The van der Waals surface area contributed by atoms with Gasteiger partial charge in [0.05, 0.1) is 0 Å². The Labute approximate surface area is 98.7 Å². The third kappa shape index (κ3) is 3.48. The molecule has 0 spiro atoms. The monoisotopic (exact) mass is 273 g/mol. The van der Waals surface area contributed by atoms with Gasteiger partial charge >= 0.3 is 0 Å². The van der Waals surface area contributed by atoms with E-state index in [0.717, 1.165) is 21.3 Å². The van der Waals surface area contributed by atoms with E-state index in [2.05, 4.69) is 15.9 Å². The lowest BCUT2D eigenvalue weighted by Gasteiger charge is -2.13. The zero-order valence-corrected chi connectivity index (χ0v) is 10.6. The van der Waals surface area contributed by atoms with Gasteiger partial charge in [0.15, 0.2) is 6.79 Å². The summed E-state index contributed by atoms with van der Waals surface area (Å²) in [6, 6.07) is 3.97. The lowest BCUT2D eigenvalue weighted by atomic mass is 10.1. The number of rotatable bonds is 5. The molecule has 0 aliphatic rings. The summed E-state index contributed by atoms with van der Waals surface area (Å²) in [6.45, 7) is 5.30. The van der Waals surface area contributed by atoms with Crippen LogP contribution in [0.3, 0.4) is 0 Å². The van der Waals surface area contributed by atoms with Crippen LogP contribution in [0.15, 0.2) is 16.6 Å². The van der Waals surface area contributed by atoms with Crippen LogP contribution in [0, 0.1) is 6.92 Å². The summed E-state index contributed by atoms with van der Waals surface area (Å²) in [4.78, 5) is 0. The molecule has 0 saturated heterocycles. The lowest BCUT2D eigenvalue weighted by molar-refractivity contribution is 0.0214. The molecule has 84 valence electrons. The van der Waals surface area contributed by atoms with E-state index in [4.69, 9.17) is 15.2 Å². The molecule has 0 unspecified atom stereocenters. The normalized spacial score (nSPS) is 10.4. The van der Waals surface area contributed by atoms with Crippen molar-refractivity contribution in [2.45, 2.75) is 20.4 Å². The van der Waals surface area contributed by atoms with Crippen LogP contribution in [0.1, 0.15) is 18.1 Å². The van der Waals surface area contributed by atoms with Crippen molar-refractivity contribution < 1.29 is 9.47 Å². The van der Waals surface area contributed by atoms with Crippen LogP contribution < -0.4 is 10.5 Å². The minimum absolute atomic E-state index is 0.270.